The Balaban J connectivity index is 2.18. The van der Waals surface area contributed by atoms with Crippen molar-refractivity contribution in [2.75, 3.05) is 23.5 Å². The first-order valence-corrected chi connectivity index (χ1v) is 4.62. The van der Waals surface area contributed by atoms with Gasteiger partial charge in [0.25, 0.3) is 0 Å². The van der Waals surface area contributed by atoms with Crippen molar-refractivity contribution in [1.29, 1.82) is 0 Å². The Morgan fingerprint density at radius 3 is 2.69 bits per heavy atom. The molecule has 0 aliphatic carbocycles. The van der Waals surface area contributed by atoms with E-state index in [4.69, 9.17) is 0 Å². The largest absolute Gasteiger partial charge is 0.371 e. The Bertz CT molecular complexity index is 282. The van der Waals surface area contributed by atoms with Gasteiger partial charge in [-0.15, -0.1) is 4.48 Å². The second-order valence-electron chi connectivity index (χ2n) is 3.34. The minimum Gasteiger partial charge on any atom is -0.371 e. The fourth-order valence-corrected chi connectivity index (χ4v) is 1.74. The van der Waals surface area contributed by atoms with Crippen LogP contribution in [-0.2, 0) is 0 Å². The average Bonchev–Trinajstić information content (AvgIpc) is 2.71. The number of halogens is 1. The number of benzene rings is 1. The van der Waals surface area contributed by atoms with Gasteiger partial charge in [-0.25, -0.2) is 5.54 Å². The van der Waals surface area contributed by atoms with E-state index >= 15 is 0 Å². The predicted molar refractivity (Wildman–Crippen MR) is 52.6 cm³/mol. The molecule has 2 rings (SSSR count). The summed E-state index contributed by atoms with van der Waals surface area (Å²) in [6.07, 6.45) is 2.49. The van der Waals surface area contributed by atoms with Crippen LogP contribution in [0.2, 0.25) is 0 Å². The van der Waals surface area contributed by atoms with E-state index in [2.05, 4.69) is 4.90 Å². The highest BCUT2D eigenvalue weighted by Gasteiger charge is 2.11. The van der Waals surface area contributed by atoms with Crippen molar-refractivity contribution < 1.29 is 4.48 Å². The van der Waals surface area contributed by atoms with E-state index in [9.17, 15) is 4.48 Å². The van der Waals surface area contributed by atoms with E-state index < -0.39 is 0 Å². The van der Waals surface area contributed by atoms with Crippen LogP contribution in [0.15, 0.2) is 24.3 Å². The van der Waals surface area contributed by atoms with E-state index in [1.54, 1.807) is 11.6 Å². The molecule has 0 aromatic heterocycles. The number of rotatable bonds is 2. The Kier molecular flexibility index (Phi) is 2.34. The molecule has 1 aliphatic heterocycles. The summed E-state index contributed by atoms with van der Waals surface area (Å²) in [5, 5.41) is 0. The lowest BCUT2D eigenvalue weighted by molar-refractivity contribution is 0.617. The summed E-state index contributed by atoms with van der Waals surface area (Å²) in [6.45, 7) is 2.19. The zero-order chi connectivity index (χ0) is 9.10. The molecule has 0 radical (unpaired) electrons. The van der Waals surface area contributed by atoms with Gasteiger partial charge in [-0.05, 0) is 31.0 Å². The van der Waals surface area contributed by atoms with Crippen LogP contribution < -0.4 is 10.4 Å². The molecule has 0 atom stereocenters. The summed E-state index contributed by atoms with van der Waals surface area (Å²) in [5.74, 6) is 0. The summed E-state index contributed by atoms with van der Waals surface area (Å²) < 4.78 is 12.1. The molecule has 2 nitrogen and oxygen atoms in total. The first kappa shape index (κ1) is 8.35. The maximum Gasteiger partial charge on any atom is 0.0676 e. The third-order valence-corrected chi connectivity index (χ3v) is 2.43. The van der Waals surface area contributed by atoms with E-state index in [1.165, 1.54) is 12.8 Å². The molecule has 0 saturated carbocycles. The molecule has 70 valence electrons. The van der Waals surface area contributed by atoms with Gasteiger partial charge in [0.1, 0.15) is 0 Å². The van der Waals surface area contributed by atoms with Crippen molar-refractivity contribution in [3.63, 3.8) is 0 Å². The van der Waals surface area contributed by atoms with Crippen molar-refractivity contribution in [2.24, 2.45) is 0 Å². The van der Waals surface area contributed by atoms with Gasteiger partial charge in [-0.1, -0.05) is 6.07 Å². The first-order valence-electron chi connectivity index (χ1n) is 4.62. The molecular weight excluding hydrogens is 167 g/mol. The third kappa shape index (κ3) is 1.74. The highest BCUT2D eigenvalue weighted by Crippen LogP contribution is 2.23. The highest BCUT2D eigenvalue weighted by molar-refractivity contribution is 5.57. The maximum absolute atomic E-state index is 12.1. The maximum atomic E-state index is 12.1. The molecule has 1 N–H and O–H groups in total. The van der Waals surface area contributed by atoms with E-state index in [-0.39, 0.29) is 0 Å². The smallest absolute Gasteiger partial charge is 0.0676 e. The standard InChI is InChI=1S/C10H13FN2/c11-12-9-4-3-5-10(8-9)13-6-1-2-7-13/h3-5,8,12H,1-2,6-7H2. The second kappa shape index (κ2) is 3.64. The van der Waals surface area contributed by atoms with Gasteiger partial charge in [0.2, 0.25) is 0 Å². The lowest BCUT2D eigenvalue weighted by Crippen LogP contribution is -2.17. The van der Waals surface area contributed by atoms with Crippen molar-refractivity contribution >= 4 is 11.4 Å². The first-order chi connectivity index (χ1) is 6.40. The lowest BCUT2D eigenvalue weighted by Gasteiger charge is -2.17. The molecular formula is C10H13FN2. The molecule has 0 amide bonds. The van der Waals surface area contributed by atoms with Crippen LogP contribution in [0.4, 0.5) is 15.9 Å². The predicted octanol–water partition coefficient (Wildman–Crippen LogP) is 2.58. The molecule has 0 unspecified atom stereocenters. The third-order valence-electron chi connectivity index (χ3n) is 2.43. The van der Waals surface area contributed by atoms with Gasteiger partial charge in [0, 0.05) is 18.8 Å². The number of nitrogens with zero attached hydrogens (tertiary/aromatic N) is 1. The van der Waals surface area contributed by atoms with Gasteiger partial charge in [-0.3, -0.25) is 0 Å². The molecule has 1 aliphatic rings. The zero-order valence-electron chi connectivity index (χ0n) is 7.46. The summed E-state index contributed by atoms with van der Waals surface area (Å²) >= 11 is 0. The summed E-state index contributed by atoms with van der Waals surface area (Å²) in [5.41, 5.74) is 3.31. The van der Waals surface area contributed by atoms with Gasteiger partial charge >= 0.3 is 0 Å². The fourth-order valence-electron chi connectivity index (χ4n) is 1.74. The molecule has 1 saturated heterocycles. The van der Waals surface area contributed by atoms with E-state index in [1.807, 2.05) is 18.2 Å². The Hall–Kier alpha value is -1.25. The number of anilines is 2. The monoisotopic (exact) mass is 180 g/mol. The minimum absolute atomic E-state index is 0.532. The SMILES string of the molecule is FNc1cccc(N2CCCC2)c1. The second-order valence-corrected chi connectivity index (χ2v) is 3.34. The van der Waals surface area contributed by atoms with Crippen LogP contribution in [0, 0.1) is 0 Å². The van der Waals surface area contributed by atoms with Gasteiger partial charge in [0.15, 0.2) is 0 Å². The number of nitrogens with one attached hydrogen (secondary N) is 1. The molecule has 0 bridgehead atoms. The molecule has 1 aromatic rings. The molecule has 0 spiro atoms. The van der Waals surface area contributed by atoms with Crippen molar-refractivity contribution in [3.05, 3.63) is 24.3 Å². The van der Waals surface area contributed by atoms with E-state index in [0.29, 0.717) is 5.69 Å². The average molecular weight is 180 g/mol. The summed E-state index contributed by atoms with van der Waals surface area (Å²) in [7, 11) is 0. The minimum atomic E-state index is 0.532. The van der Waals surface area contributed by atoms with E-state index in [0.717, 1.165) is 18.8 Å². The highest BCUT2D eigenvalue weighted by atomic mass is 19.2. The summed E-state index contributed by atoms with van der Waals surface area (Å²) in [4.78, 5) is 2.28. The van der Waals surface area contributed by atoms with Gasteiger partial charge < -0.3 is 4.90 Å². The topological polar surface area (TPSA) is 15.3 Å². The molecule has 3 heteroatoms. The van der Waals surface area contributed by atoms with Crippen molar-refractivity contribution in [2.45, 2.75) is 12.8 Å². The van der Waals surface area contributed by atoms with Crippen LogP contribution in [-0.4, -0.2) is 13.1 Å². The van der Waals surface area contributed by atoms with Crippen LogP contribution >= 0.6 is 0 Å². The Morgan fingerprint density at radius 1 is 1.23 bits per heavy atom. The van der Waals surface area contributed by atoms with Crippen molar-refractivity contribution in [3.8, 4) is 0 Å². The number of hydrogen-bond acceptors (Lipinski definition) is 2. The fraction of sp³-hybridized carbons (Fsp3) is 0.400. The van der Waals surface area contributed by atoms with Crippen LogP contribution in [0.25, 0.3) is 0 Å². The molecule has 13 heavy (non-hydrogen) atoms. The van der Waals surface area contributed by atoms with Crippen molar-refractivity contribution in [1.82, 2.24) is 0 Å². The Labute approximate surface area is 77.3 Å². The van der Waals surface area contributed by atoms with Crippen LogP contribution in [0.5, 0.6) is 0 Å². The van der Waals surface area contributed by atoms with Crippen LogP contribution in [0.3, 0.4) is 0 Å². The summed E-state index contributed by atoms with van der Waals surface area (Å²) in [6, 6.07) is 7.45. The Morgan fingerprint density at radius 2 is 2.00 bits per heavy atom. The normalized spacial score (nSPS) is 16.2. The zero-order valence-corrected chi connectivity index (χ0v) is 7.46. The van der Waals surface area contributed by atoms with Gasteiger partial charge in [0.05, 0.1) is 5.69 Å². The van der Waals surface area contributed by atoms with Gasteiger partial charge in [-0.2, -0.15) is 0 Å². The van der Waals surface area contributed by atoms with Crippen LogP contribution in [0.1, 0.15) is 12.8 Å². The molecule has 1 aromatic carbocycles. The lowest BCUT2D eigenvalue weighted by atomic mass is 10.2. The molecule has 1 heterocycles. The number of hydrogen-bond donors (Lipinski definition) is 1. The quantitative estimate of drug-likeness (QED) is 0.704. The molecule has 1 fully saturated rings.